The van der Waals surface area contributed by atoms with Gasteiger partial charge in [0.1, 0.15) is 17.4 Å². The summed E-state index contributed by atoms with van der Waals surface area (Å²) in [6, 6.07) is 3.02. The Hall–Kier alpha value is 0.200. The number of hydrogen-bond donors (Lipinski definition) is 2. The predicted octanol–water partition coefficient (Wildman–Crippen LogP) is 8.27. The quantitative estimate of drug-likeness (QED) is 0.197. The van der Waals surface area contributed by atoms with Gasteiger partial charge in [0.15, 0.2) is 0 Å². The van der Waals surface area contributed by atoms with Gasteiger partial charge in [0.2, 0.25) is 0 Å². The minimum absolute atomic E-state index is 0.0631. The van der Waals surface area contributed by atoms with Crippen LogP contribution in [-0.4, -0.2) is 27.1 Å². The number of sulfonamides is 2. The number of halogens is 6. The van der Waals surface area contributed by atoms with Gasteiger partial charge in [0.05, 0.1) is 19.0 Å². The number of anilines is 2. The molecule has 4 aromatic rings. The van der Waals surface area contributed by atoms with Gasteiger partial charge in [-0.15, -0.1) is 22.7 Å². The van der Waals surface area contributed by atoms with Crippen LogP contribution in [0.2, 0.25) is 0 Å². The molecule has 4 rings (SSSR count). The first-order chi connectivity index (χ1) is 16.6. The van der Waals surface area contributed by atoms with E-state index in [9.17, 15) is 16.8 Å². The summed E-state index contributed by atoms with van der Waals surface area (Å²) in [7, 11) is -7.36. The minimum atomic E-state index is -3.68. The third kappa shape index (κ3) is 7.23. The molecule has 0 atom stereocenters. The maximum atomic E-state index is 12.1. The van der Waals surface area contributed by atoms with E-state index in [1.165, 1.54) is 12.1 Å². The SMILES string of the molecule is Cc1noc(NS(=O)(=O)c2cc(Br)c(Br)s2)c1Br.Cc1noc(NS(=O)(=O)c2cc(Br)c(Br)s2)c1Br. The Morgan fingerprint density at radius 3 is 1.25 bits per heavy atom. The van der Waals surface area contributed by atoms with Crippen LogP contribution in [0.25, 0.3) is 0 Å². The molecule has 4 heterocycles. The summed E-state index contributed by atoms with van der Waals surface area (Å²) in [4.78, 5) is 0. The smallest absolute Gasteiger partial charge is 0.273 e. The number of aromatic nitrogens is 2. The van der Waals surface area contributed by atoms with Crippen molar-refractivity contribution >= 4 is 150 Å². The van der Waals surface area contributed by atoms with Crippen LogP contribution >= 0.6 is 118 Å². The van der Waals surface area contributed by atoms with Crippen molar-refractivity contribution in [1.29, 1.82) is 0 Å². The highest BCUT2D eigenvalue weighted by atomic mass is 79.9. The zero-order chi connectivity index (χ0) is 27.0. The molecule has 0 aliphatic carbocycles. The summed E-state index contributed by atoms with van der Waals surface area (Å²) in [6.07, 6.45) is 0. The second-order valence-electron chi connectivity index (χ2n) is 6.41. The molecule has 0 amide bonds. The van der Waals surface area contributed by atoms with Crippen LogP contribution < -0.4 is 9.44 Å². The largest absolute Gasteiger partial charge is 0.336 e. The van der Waals surface area contributed by atoms with Crippen LogP contribution in [-0.2, 0) is 20.0 Å². The summed E-state index contributed by atoms with van der Waals surface area (Å²) in [5, 5.41) is 7.31. The molecule has 10 nitrogen and oxygen atoms in total. The van der Waals surface area contributed by atoms with Gasteiger partial charge in [-0.25, -0.2) is 26.3 Å². The highest BCUT2D eigenvalue weighted by molar-refractivity contribution is 9.14. The minimum Gasteiger partial charge on any atom is -0.336 e. The van der Waals surface area contributed by atoms with Crippen molar-refractivity contribution < 1.29 is 25.9 Å². The molecule has 0 bridgehead atoms. The third-order valence-corrected chi connectivity index (χ3v) is 15.8. The van der Waals surface area contributed by atoms with Crippen molar-refractivity contribution in [3.8, 4) is 0 Å². The van der Waals surface area contributed by atoms with Gasteiger partial charge in [0.25, 0.3) is 31.8 Å². The lowest BCUT2D eigenvalue weighted by atomic mass is 10.5. The molecule has 0 spiro atoms. The Morgan fingerprint density at radius 1 is 0.694 bits per heavy atom. The van der Waals surface area contributed by atoms with Crippen LogP contribution in [0.3, 0.4) is 0 Å². The van der Waals surface area contributed by atoms with Crippen LogP contribution in [0.1, 0.15) is 11.4 Å². The molecule has 196 valence electrons. The molecule has 36 heavy (non-hydrogen) atoms. The molecular formula is C16H10Br6N4O6S4. The molecule has 0 radical (unpaired) electrons. The van der Waals surface area contributed by atoms with E-state index in [0.717, 1.165) is 22.7 Å². The van der Waals surface area contributed by atoms with E-state index in [2.05, 4.69) is 115 Å². The number of rotatable bonds is 6. The molecule has 0 unspecified atom stereocenters. The van der Waals surface area contributed by atoms with E-state index in [-0.39, 0.29) is 20.2 Å². The fourth-order valence-electron chi connectivity index (χ4n) is 2.11. The average Bonchev–Trinajstić information content (AvgIpc) is 3.51. The van der Waals surface area contributed by atoms with Gasteiger partial charge in [-0.05, 0) is 122 Å². The first-order valence-corrected chi connectivity index (χ1v) is 18.2. The highest BCUT2D eigenvalue weighted by Crippen LogP contribution is 2.37. The number of hydrogen-bond acceptors (Lipinski definition) is 10. The maximum absolute atomic E-state index is 12.1. The van der Waals surface area contributed by atoms with Crippen molar-refractivity contribution in [2.45, 2.75) is 22.3 Å². The Kier molecular flexibility index (Phi) is 10.4. The monoisotopic (exact) mass is 955 g/mol. The van der Waals surface area contributed by atoms with Crippen molar-refractivity contribution in [1.82, 2.24) is 10.3 Å². The third-order valence-electron chi connectivity index (χ3n) is 3.81. The highest BCUT2D eigenvalue weighted by Gasteiger charge is 2.24. The van der Waals surface area contributed by atoms with Gasteiger partial charge < -0.3 is 9.05 Å². The molecule has 0 aliphatic heterocycles. The van der Waals surface area contributed by atoms with Crippen LogP contribution in [0.15, 0.2) is 55.1 Å². The number of nitrogens with one attached hydrogen (secondary N) is 2. The first-order valence-electron chi connectivity index (χ1n) is 8.81. The molecule has 0 aromatic carbocycles. The van der Waals surface area contributed by atoms with E-state index in [1.54, 1.807) is 13.8 Å². The maximum Gasteiger partial charge on any atom is 0.273 e. The zero-order valence-corrected chi connectivity index (χ0v) is 30.2. The van der Waals surface area contributed by atoms with Gasteiger partial charge in [-0.3, -0.25) is 0 Å². The van der Waals surface area contributed by atoms with Gasteiger partial charge >= 0.3 is 0 Å². The van der Waals surface area contributed by atoms with Crippen molar-refractivity contribution in [2.75, 3.05) is 9.44 Å². The summed E-state index contributed by atoms with van der Waals surface area (Å²) in [6.45, 7) is 3.40. The molecule has 2 N–H and O–H groups in total. The summed E-state index contributed by atoms with van der Waals surface area (Å²) < 4.78 is 66.8. The molecule has 0 aliphatic rings. The summed E-state index contributed by atoms with van der Waals surface area (Å²) in [5.41, 5.74) is 1.14. The summed E-state index contributed by atoms with van der Waals surface area (Å²) >= 11 is 21.6. The van der Waals surface area contributed by atoms with Crippen LogP contribution in [0.5, 0.6) is 0 Å². The van der Waals surface area contributed by atoms with Crippen molar-refractivity contribution in [3.63, 3.8) is 0 Å². The van der Waals surface area contributed by atoms with Crippen molar-refractivity contribution in [3.05, 3.63) is 49.0 Å². The van der Waals surface area contributed by atoms with Gasteiger partial charge in [-0.2, -0.15) is 0 Å². The normalized spacial score (nSPS) is 11.8. The van der Waals surface area contributed by atoms with Crippen LogP contribution in [0.4, 0.5) is 11.8 Å². The van der Waals surface area contributed by atoms with E-state index in [1.807, 2.05) is 0 Å². The van der Waals surface area contributed by atoms with E-state index in [0.29, 0.717) is 36.9 Å². The molecule has 4 aromatic heterocycles. The average molecular weight is 962 g/mol. The molecule has 0 saturated heterocycles. The van der Waals surface area contributed by atoms with Crippen molar-refractivity contribution in [2.24, 2.45) is 0 Å². The fraction of sp³-hybridized carbons (Fsp3) is 0.125. The second kappa shape index (κ2) is 12.2. The zero-order valence-electron chi connectivity index (χ0n) is 17.4. The topological polar surface area (TPSA) is 144 Å². The summed E-state index contributed by atoms with van der Waals surface area (Å²) in [5.74, 6) is 0.126. The lowest BCUT2D eigenvalue weighted by molar-refractivity contribution is 0.430. The molecular weight excluding hydrogens is 952 g/mol. The standard InChI is InChI=1S/2C8H5Br3N2O3S2/c2*1-3-6(10)8(16-12-3)13-18(14,15)5-2-4(9)7(11)17-5/h2*2,13H,1H3. The van der Waals surface area contributed by atoms with E-state index < -0.39 is 20.0 Å². The molecule has 20 heteroatoms. The first kappa shape index (κ1) is 30.7. The Balaban J connectivity index is 0.000000201. The molecule has 0 fully saturated rings. The lowest BCUT2D eigenvalue weighted by Gasteiger charge is -2.01. The van der Waals surface area contributed by atoms with E-state index >= 15 is 0 Å². The second-order valence-corrected chi connectivity index (χ2v) is 18.3. The van der Waals surface area contributed by atoms with Crippen LogP contribution in [0, 0.1) is 13.8 Å². The van der Waals surface area contributed by atoms with Gasteiger partial charge in [0, 0.05) is 8.95 Å². The Labute approximate surface area is 263 Å². The number of aryl methyl sites for hydroxylation is 2. The fourth-order valence-corrected chi connectivity index (χ4v) is 10.5. The lowest BCUT2D eigenvalue weighted by Crippen LogP contribution is -2.11. The Bertz CT molecular complexity index is 1470. The van der Waals surface area contributed by atoms with E-state index in [4.69, 9.17) is 9.05 Å². The number of nitrogens with zero attached hydrogens (tertiary/aromatic N) is 2. The number of thiophene rings is 2. The van der Waals surface area contributed by atoms with Gasteiger partial charge in [-0.1, -0.05) is 10.3 Å². The Morgan fingerprint density at radius 2 is 1.03 bits per heavy atom. The predicted molar refractivity (Wildman–Crippen MR) is 159 cm³/mol. The molecule has 0 saturated carbocycles.